The molecule has 13 nitrogen and oxygen atoms in total. The summed E-state index contributed by atoms with van der Waals surface area (Å²) in [6.07, 6.45) is -8.41. The first-order valence-electron chi connectivity index (χ1n) is 12.7. The first kappa shape index (κ1) is 34.5. The van der Waals surface area contributed by atoms with Crippen LogP contribution in [0.4, 0.5) is 49.6 Å². The van der Waals surface area contributed by atoms with Crippen LogP contribution in [0.1, 0.15) is 28.4 Å². The minimum absolute atomic E-state index is 0.0321. The van der Waals surface area contributed by atoms with Gasteiger partial charge in [-0.05, 0) is 29.8 Å². The van der Waals surface area contributed by atoms with Crippen LogP contribution < -0.4 is 26.6 Å². The Morgan fingerprint density at radius 1 is 0.844 bits per heavy atom. The molecule has 0 fully saturated rings. The largest absolute Gasteiger partial charge is 0.452 e. The van der Waals surface area contributed by atoms with Gasteiger partial charge in [-0.1, -0.05) is 6.07 Å². The van der Waals surface area contributed by atoms with E-state index in [0.717, 1.165) is 0 Å². The van der Waals surface area contributed by atoms with Gasteiger partial charge in [-0.2, -0.15) is 31.3 Å². The van der Waals surface area contributed by atoms with Crippen LogP contribution >= 0.6 is 11.6 Å². The number of halogens is 7. The molecule has 0 saturated heterocycles. The highest BCUT2D eigenvalue weighted by Gasteiger charge is 2.36. The monoisotopic (exact) mass is 663 g/mol. The Balaban J connectivity index is 1.53. The maximum atomic E-state index is 13.4. The molecule has 2 aromatic heterocycles. The summed E-state index contributed by atoms with van der Waals surface area (Å²) < 4.78 is 84.4. The fourth-order valence-electron chi connectivity index (χ4n) is 3.41. The van der Waals surface area contributed by atoms with Gasteiger partial charge in [0.1, 0.15) is 22.8 Å². The lowest BCUT2D eigenvalue weighted by molar-refractivity contribution is -0.138. The van der Waals surface area contributed by atoms with Crippen LogP contribution in [-0.4, -0.2) is 70.5 Å². The van der Waals surface area contributed by atoms with Crippen molar-refractivity contribution in [3.63, 3.8) is 0 Å². The van der Waals surface area contributed by atoms with E-state index in [1.807, 2.05) is 0 Å². The van der Waals surface area contributed by atoms with Crippen molar-refractivity contribution in [2.75, 3.05) is 48.7 Å². The number of nitrogens with zero attached hydrogens (tertiary/aromatic N) is 4. The number of rotatable bonds is 13. The summed E-state index contributed by atoms with van der Waals surface area (Å²) in [7, 11) is 0. The third-order valence-electron chi connectivity index (χ3n) is 5.38. The second-order valence-electron chi connectivity index (χ2n) is 8.82. The van der Waals surface area contributed by atoms with E-state index in [1.54, 1.807) is 0 Å². The lowest BCUT2D eigenvalue weighted by atomic mass is 10.2. The van der Waals surface area contributed by atoms with Crippen molar-refractivity contribution in [1.29, 1.82) is 0 Å². The molecule has 5 N–H and O–H groups in total. The summed E-state index contributed by atoms with van der Waals surface area (Å²) in [5.41, 5.74) is -2.11. The standard InChI is InChI=1S/C25H24ClF6N9O4/c1-13(42)33-5-7-36-20-17(25(30,31)32)11-38-23(41-20)39-15-4-2-3-14(9-15)21(44)45-12-18(43)34-6-8-35-19-16(24(27,28)29)10-37-22(26)40-19/h2-4,9-11H,5-8,12H2,1H3,(H,33,42)(H,34,43)(H,35,37,40)(H2,36,38,39,41). The Kier molecular flexibility index (Phi) is 11.7. The van der Waals surface area contributed by atoms with Gasteiger partial charge in [-0.3, -0.25) is 9.59 Å². The number of amides is 2. The number of anilines is 4. The zero-order valence-electron chi connectivity index (χ0n) is 23.1. The van der Waals surface area contributed by atoms with E-state index in [1.165, 1.54) is 31.2 Å². The quantitative estimate of drug-likeness (QED) is 0.0783. The van der Waals surface area contributed by atoms with E-state index in [-0.39, 0.29) is 49.3 Å². The van der Waals surface area contributed by atoms with Gasteiger partial charge in [-0.25, -0.2) is 19.7 Å². The van der Waals surface area contributed by atoms with E-state index in [2.05, 4.69) is 46.5 Å². The van der Waals surface area contributed by atoms with Crippen molar-refractivity contribution in [3.8, 4) is 0 Å². The van der Waals surface area contributed by atoms with E-state index >= 15 is 0 Å². The molecule has 0 aliphatic heterocycles. The lowest BCUT2D eigenvalue weighted by Gasteiger charge is -2.15. The van der Waals surface area contributed by atoms with Gasteiger partial charge < -0.3 is 31.3 Å². The molecule has 2 amide bonds. The molecule has 3 rings (SSSR count). The van der Waals surface area contributed by atoms with Gasteiger partial charge in [-0.15, -0.1) is 0 Å². The van der Waals surface area contributed by atoms with Gasteiger partial charge >= 0.3 is 18.3 Å². The molecule has 3 aromatic rings. The molecule has 45 heavy (non-hydrogen) atoms. The smallest absolute Gasteiger partial charge is 0.421 e. The van der Waals surface area contributed by atoms with Crippen LogP contribution in [0.25, 0.3) is 0 Å². The molecule has 0 spiro atoms. The van der Waals surface area contributed by atoms with E-state index in [9.17, 15) is 40.7 Å². The van der Waals surface area contributed by atoms with Crippen LogP contribution in [-0.2, 0) is 26.7 Å². The number of carbonyl (C=O) groups is 3. The highest BCUT2D eigenvalue weighted by molar-refractivity contribution is 6.28. The molecular weight excluding hydrogens is 640 g/mol. The minimum atomic E-state index is -4.76. The number of hydrogen-bond acceptors (Lipinski definition) is 11. The highest BCUT2D eigenvalue weighted by atomic mass is 35.5. The predicted octanol–water partition coefficient (Wildman–Crippen LogP) is 3.63. The van der Waals surface area contributed by atoms with Crippen molar-refractivity contribution in [2.24, 2.45) is 0 Å². The van der Waals surface area contributed by atoms with Gasteiger partial charge in [0.25, 0.3) is 5.91 Å². The fourth-order valence-corrected chi connectivity index (χ4v) is 3.54. The van der Waals surface area contributed by atoms with Crippen LogP contribution in [0, 0.1) is 0 Å². The fraction of sp³-hybridized carbons (Fsp3) is 0.320. The molecule has 2 heterocycles. The summed E-state index contributed by atoms with van der Waals surface area (Å²) in [5, 5.41) is 11.9. The number of aromatic nitrogens is 4. The average Bonchev–Trinajstić information content (AvgIpc) is 2.95. The molecule has 0 unspecified atom stereocenters. The van der Waals surface area contributed by atoms with Crippen molar-refractivity contribution < 1.29 is 45.5 Å². The summed E-state index contributed by atoms with van der Waals surface area (Å²) >= 11 is 5.55. The van der Waals surface area contributed by atoms with Crippen LogP contribution in [0.5, 0.6) is 0 Å². The normalized spacial score (nSPS) is 11.4. The van der Waals surface area contributed by atoms with Gasteiger partial charge in [0, 0.05) is 51.2 Å². The van der Waals surface area contributed by atoms with E-state index in [0.29, 0.717) is 12.4 Å². The SMILES string of the molecule is CC(=O)NCCNc1nc(Nc2cccc(C(=O)OCC(=O)NCCNc3nc(Cl)ncc3C(F)(F)F)c2)ncc1C(F)(F)F. The van der Waals surface area contributed by atoms with Crippen molar-refractivity contribution in [2.45, 2.75) is 19.3 Å². The molecule has 0 bridgehead atoms. The minimum Gasteiger partial charge on any atom is -0.452 e. The second-order valence-corrected chi connectivity index (χ2v) is 9.16. The first-order chi connectivity index (χ1) is 21.1. The number of hydrogen-bond donors (Lipinski definition) is 5. The van der Waals surface area contributed by atoms with Crippen molar-refractivity contribution in [3.05, 3.63) is 58.6 Å². The van der Waals surface area contributed by atoms with E-state index < -0.39 is 58.9 Å². The number of esters is 1. The van der Waals surface area contributed by atoms with Crippen molar-refractivity contribution >= 4 is 52.7 Å². The maximum Gasteiger partial charge on any atom is 0.421 e. The molecule has 0 aliphatic carbocycles. The molecule has 0 atom stereocenters. The molecule has 242 valence electrons. The number of benzene rings is 1. The molecule has 0 saturated carbocycles. The van der Waals surface area contributed by atoms with Crippen molar-refractivity contribution in [1.82, 2.24) is 30.6 Å². The number of carbonyl (C=O) groups excluding carboxylic acids is 3. The molecule has 0 radical (unpaired) electrons. The highest BCUT2D eigenvalue weighted by Crippen LogP contribution is 2.35. The van der Waals surface area contributed by atoms with Crippen LogP contribution in [0.15, 0.2) is 36.7 Å². The van der Waals surface area contributed by atoms with Crippen LogP contribution in [0.3, 0.4) is 0 Å². The maximum absolute atomic E-state index is 13.4. The summed E-state index contributed by atoms with van der Waals surface area (Å²) in [6, 6.07) is 5.52. The molecule has 20 heteroatoms. The number of alkyl halides is 6. The average molecular weight is 664 g/mol. The van der Waals surface area contributed by atoms with Gasteiger partial charge in [0.15, 0.2) is 6.61 Å². The first-order valence-corrected chi connectivity index (χ1v) is 13.1. The summed E-state index contributed by atoms with van der Waals surface area (Å²) in [6.45, 7) is 0.181. The summed E-state index contributed by atoms with van der Waals surface area (Å²) in [5.74, 6) is -3.40. The Hall–Kier alpha value is -4.94. The van der Waals surface area contributed by atoms with Gasteiger partial charge in [0.05, 0.1) is 5.56 Å². The van der Waals surface area contributed by atoms with Crippen LogP contribution in [0.2, 0.25) is 5.28 Å². The third kappa shape index (κ3) is 10.9. The number of nitrogens with one attached hydrogen (secondary N) is 5. The Labute approximate surface area is 255 Å². The summed E-state index contributed by atoms with van der Waals surface area (Å²) in [4.78, 5) is 49.8. The zero-order chi connectivity index (χ0) is 33.2. The second kappa shape index (κ2) is 15.2. The molecule has 1 aromatic carbocycles. The topological polar surface area (TPSA) is 172 Å². The predicted molar refractivity (Wildman–Crippen MR) is 148 cm³/mol. The Morgan fingerprint density at radius 3 is 2.07 bits per heavy atom. The number of ether oxygens (including phenoxy) is 1. The lowest BCUT2D eigenvalue weighted by Crippen LogP contribution is -2.33. The third-order valence-corrected chi connectivity index (χ3v) is 5.56. The Bertz CT molecular complexity index is 1530. The zero-order valence-corrected chi connectivity index (χ0v) is 23.8. The molecular formula is C25H24ClF6N9O4. The molecule has 0 aliphatic rings. The Morgan fingerprint density at radius 2 is 1.44 bits per heavy atom. The van der Waals surface area contributed by atoms with Gasteiger partial charge in [0.2, 0.25) is 17.1 Å². The van der Waals surface area contributed by atoms with E-state index in [4.69, 9.17) is 16.3 Å².